The standard InChI is InChI=1S/C10H14N2.C10H15N.C8H9ClN2.C6H10N2/c1-3-5-10(11)9-6-4-7-12-8(9)2;1-3-5-9-6-4-7-10(8-9)11-2;1-5-2-3-7(11)6(4-10)8(5)9;1-3-6(4-7)5-8-2/h4,6-7,11H,3,5H2,1-2H3;4,6-8,11H,3,5H2,1-2H3;2-4,10H,11H2,1H3;3-5H,1,7H2,2H3/b;;;6-4-,8-5?. The van der Waals surface area contributed by atoms with E-state index in [1.807, 2.05) is 39.1 Å². The molecule has 1 heterocycles. The van der Waals surface area contributed by atoms with Gasteiger partial charge < -0.3 is 27.6 Å². The first-order valence-corrected chi connectivity index (χ1v) is 14.3. The highest BCUT2D eigenvalue weighted by atomic mass is 35.5. The molecule has 0 amide bonds. The van der Waals surface area contributed by atoms with Crippen LogP contribution < -0.4 is 16.8 Å². The number of nitrogens with two attached hydrogens (primary N) is 2. The number of hydrogen-bond donors (Lipinski definition) is 5. The fourth-order valence-electron chi connectivity index (χ4n) is 3.54. The first-order valence-electron chi connectivity index (χ1n) is 13.9. The van der Waals surface area contributed by atoms with Gasteiger partial charge in [0, 0.05) is 78.4 Å². The molecule has 3 aromatic rings. The van der Waals surface area contributed by atoms with Crippen LogP contribution in [0.4, 0.5) is 11.4 Å². The Hall–Kier alpha value is -4.23. The Morgan fingerprint density at radius 1 is 1.12 bits per heavy atom. The molecule has 0 unspecified atom stereocenters. The van der Waals surface area contributed by atoms with Crippen molar-refractivity contribution in [3.63, 3.8) is 0 Å². The second-order valence-corrected chi connectivity index (χ2v) is 9.55. The van der Waals surface area contributed by atoms with Gasteiger partial charge in [-0.05, 0) is 68.1 Å². The predicted molar refractivity (Wildman–Crippen MR) is 186 cm³/mol. The summed E-state index contributed by atoms with van der Waals surface area (Å²) < 4.78 is 0. The Balaban J connectivity index is 0.000000539. The highest BCUT2D eigenvalue weighted by molar-refractivity contribution is 6.34. The van der Waals surface area contributed by atoms with Crippen LogP contribution in [0.5, 0.6) is 0 Å². The molecule has 3 rings (SSSR count). The maximum atomic E-state index is 7.73. The number of rotatable bonds is 9. The summed E-state index contributed by atoms with van der Waals surface area (Å²) in [5, 5.41) is 18.5. The number of pyridine rings is 1. The zero-order valence-corrected chi connectivity index (χ0v) is 26.7. The molecule has 0 aliphatic heterocycles. The van der Waals surface area contributed by atoms with Crippen molar-refractivity contribution in [3.05, 3.63) is 112 Å². The number of aromatic nitrogens is 1. The molecule has 0 bridgehead atoms. The van der Waals surface area contributed by atoms with Gasteiger partial charge >= 0.3 is 0 Å². The maximum absolute atomic E-state index is 7.73. The summed E-state index contributed by atoms with van der Waals surface area (Å²) in [7, 11) is 3.64. The quantitative estimate of drug-likeness (QED) is 0.0975. The number of aliphatic imine (C=N–C) groups is 1. The van der Waals surface area contributed by atoms with E-state index in [1.165, 1.54) is 36.5 Å². The molecule has 0 saturated carbocycles. The molecule has 42 heavy (non-hydrogen) atoms. The molecular weight excluding hydrogens is 542 g/mol. The van der Waals surface area contributed by atoms with Crippen molar-refractivity contribution in [1.29, 1.82) is 10.8 Å². The number of nitrogen functional groups attached to an aromatic ring is 1. The van der Waals surface area contributed by atoms with E-state index in [1.54, 1.807) is 31.6 Å². The monoisotopic (exact) mass is 589 g/mol. The van der Waals surface area contributed by atoms with Crippen LogP contribution >= 0.6 is 11.6 Å². The van der Waals surface area contributed by atoms with Gasteiger partial charge in [0.2, 0.25) is 0 Å². The molecule has 226 valence electrons. The summed E-state index contributed by atoms with van der Waals surface area (Å²) in [6, 6.07) is 16.0. The summed E-state index contributed by atoms with van der Waals surface area (Å²) in [5.74, 6) is 0. The van der Waals surface area contributed by atoms with Crippen molar-refractivity contribution in [2.75, 3.05) is 25.1 Å². The average molecular weight is 590 g/mol. The van der Waals surface area contributed by atoms with Crippen molar-refractivity contribution >= 4 is 41.1 Å². The topological polar surface area (TPSA) is 137 Å². The van der Waals surface area contributed by atoms with Crippen molar-refractivity contribution in [3.8, 4) is 0 Å². The van der Waals surface area contributed by atoms with Gasteiger partial charge in [0.05, 0.1) is 5.02 Å². The lowest BCUT2D eigenvalue weighted by Crippen LogP contribution is -2.01. The number of nitrogens with one attached hydrogen (secondary N) is 3. The van der Waals surface area contributed by atoms with Crippen LogP contribution in [-0.4, -0.2) is 37.2 Å². The molecule has 0 saturated heterocycles. The third-order valence-corrected chi connectivity index (χ3v) is 6.35. The number of nitrogens with zero attached hydrogens (tertiary/aromatic N) is 2. The lowest BCUT2D eigenvalue weighted by molar-refractivity contribution is 0.922. The lowest BCUT2D eigenvalue weighted by Gasteiger charge is -2.04. The second-order valence-electron chi connectivity index (χ2n) is 9.17. The van der Waals surface area contributed by atoms with E-state index < -0.39 is 0 Å². The molecule has 0 atom stereocenters. The van der Waals surface area contributed by atoms with Crippen LogP contribution in [0.25, 0.3) is 0 Å². The van der Waals surface area contributed by atoms with Gasteiger partial charge in [-0.15, -0.1) is 0 Å². The molecule has 7 nitrogen and oxygen atoms in total. The largest absolute Gasteiger partial charge is 0.404 e. The highest BCUT2D eigenvalue weighted by Crippen LogP contribution is 2.23. The minimum atomic E-state index is 0.551. The number of benzene rings is 2. The molecule has 0 aliphatic carbocycles. The fraction of sp³-hybridized carbons (Fsp3) is 0.294. The minimum absolute atomic E-state index is 0.551. The predicted octanol–water partition coefficient (Wildman–Crippen LogP) is 8.18. The molecule has 0 fully saturated rings. The Morgan fingerprint density at radius 2 is 1.83 bits per heavy atom. The van der Waals surface area contributed by atoms with E-state index >= 15 is 0 Å². The normalized spacial score (nSPS) is 10.2. The zero-order chi connectivity index (χ0) is 31.9. The summed E-state index contributed by atoms with van der Waals surface area (Å²) in [6.45, 7) is 11.6. The molecule has 7 N–H and O–H groups in total. The number of allylic oxidation sites excluding steroid dienone is 2. The third-order valence-electron chi connectivity index (χ3n) is 5.84. The second kappa shape index (κ2) is 22.5. The van der Waals surface area contributed by atoms with Gasteiger partial charge in [-0.2, -0.15) is 0 Å². The van der Waals surface area contributed by atoms with E-state index in [9.17, 15) is 0 Å². The number of halogens is 1. The Kier molecular flexibility index (Phi) is 20.2. The van der Waals surface area contributed by atoms with Gasteiger partial charge in [0.15, 0.2) is 0 Å². The van der Waals surface area contributed by atoms with E-state index in [2.05, 4.69) is 60.0 Å². The van der Waals surface area contributed by atoms with Crippen LogP contribution in [-0.2, 0) is 6.42 Å². The SMILES string of the molecule is C=C/C(C=NC)=C/N.CCCC(=N)c1cccnc1C.CCCc1cccc(NC)c1.Cc1ccc(N)c(C=N)c1Cl. The van der Waals surface area contributed by atoms with Gasteiger partial charge in [-0.25, -0.2) is 0 Å². The van der Waals surface area contributed by atoms with E-state index in [-0.39, 0.29) is 0 Å². The molecule has 0 spiro atoms. The van der Waals surface area contributed by atoms with Gasteiger partial charge in [-0.3, -0.25) is 9.98 Å². The maximum Gasteiger partial charge on any atom is 0.0543 e. The molecular formula is C34H48ClN7. The first-order chi connectivity index (χ1) is 20.1. The fourth-order valence-corrected chi connectivity index (χ4v) is 3.76. The highest BCUT2D eigenvalue weighted by Gasteiger charge is 2.04. The molecule has 2 aromatic carbocycles. The molecule has 0 aliphatic rings. The minimum Gasteiger partial charge on any atom is -0.404 e. The summed E-state index contributed by atoms with van der Waals surface area (Å²) in [4.78, 5) is 7.87. The Bertz CT molecular complexity index is 1310. The number of anilines is 2. The van der Waals surface area contributed by atoms with E-state index in [0.717, 1.165) is 35.2 Å². The summed E-state index contributed by atoms with van der Waals surface area (Å²) in [6.07, 6.45) is 11.9. The van der Waals surface area contributed by atoms with Crippen LogP contribution in [0, 0.1) is 24.7 Å². The van der Waals surface area contributed by atoms with Crippen molar-refractivity contribution in [2.45, 2.75) is 53.4 Å². The van der Waals surface area contributed by atoms with E-state index in [0.29, 0.717) is 22.0 Å². The van der Waals surface area contributed by atoms with Crippen molar-refractivity contribution in [2.24, 2.45) is 10.7 Å². The number of hydrogen-bond acceptors (Lipinski definition) is 7. The van der Waals surface area contributed by atoms with Crippen LogP contribution in [0.1, 0.15) is 61.1 Å². The van der Waals surface area contributed by atoms with Gasteiger partial charge in [-0.1, -0.05) is 69.1 Å². The molecule has 1 aromatic heterocycles. The Morgan fingerprint density at radius 3 is 2.31 bits per heavy atom. The first kappa shape index (κ1) is 37.8. The third kappa shape index (κ3) is 14.4. The molecule has 8 heteroatoms. The van der Waals surface area contributed by atoms with Crippen molar-refractivity contribution < 1.29 is 0 Å². The number of aryl methyl sites for hydroxylation is 3. The van der Waals surface area contributed by atoms with Gasteiger partial charge in [0.1, 0.15) is 0 Å². The van der Waals surface area contributed by atoms with Crippen LogP contribution in [0.3, 0.4) is 0 Å². The molecule has 0 radical (unpaired) electrons. The summed E-state index contributed by atoms with van der Waals surface area (Å²) >= 11 is 5.87. The smallest absolute Gasteiger partial charge is 0.0543 e. The zero-order valence-electron chi connectivity index (χ0n) is 26.0. The van der Waals surface area contributed by atoms with Crippen LogP contribution in [0.2, 0.25) is 5.02 Å². The van der Waals surface area contributed by atoms with Crippen LogP contribution in [0.15, 0.2) is 84.1 Å². The van der Waals surface area contributed by atoms with Crippen molar-refractivity contribution in [1.82, 2.24) is 4.98 Å². The van der Waals surface area contributed by atoms with E-state index in [4.69, 9.17) is 33.9 Å². The Labute approximate surface area is 257 Å². The van der Waals surface area contributed by atoms with Gasteiger partial charge in [0.25, 0.3) is 0 Å². The summed E-state index contributed by atoms with van der Waals surface area (Å²) in [5.41, 5.74) is 18.9. The average Bonchev–Trinajstić information content (AvgIpc) is 3.00. The lowest BCUT2D eigenvalue weighted by atomic mass is 10.1.